The molecule has 0 saturated heterocycles. The summed E-state index contributed by atoms with van der Waals surface area (Å²) in [6, 6.07) is 1.97. The van der Waals surface area contributed by atoms with Crippen LogP contribution in [0.25, 0.3) is 0 Å². The standard InChI is InChI=1S/C11H18BrN3O/c1-5-15(10(7-12)16-4)11-13-8(2)6-9(3)14-11/h6,10H,5,7H2,1-4H3. The van der Waals surface area contributed by atoms with Crippen molar-refractivity contribution < 1.29 is 4.74 Å². The van der Waals surface area contributed by atoms with Crippen LogP contribution in [0.2, 0.25) is 0 Å². The maximum absolute atomic E-state index is 5.39. The Kier molecular flexibility index (Phi) is 5.15. The summed E-state index contributed by atoms with van der Waals surface area (Å²) in [5.41, 5.74) is 1.95. The van der Waals surface area contributed by atoms with Gasteiger partial charge in [-0.1, -0.05) is 15.9 Å². The topological polar surface area (TPSA) is 38.2 Å². The average Bonchev–Trinajstić information content (AvgIpc) is 2.24. The van der Waals surface area contributed by atoms with Crippen molar-refractivity contribution >= 4 is 21.9 Å². The van der Waals surface area contributed by atoms with Crippen LogP contribution < -0.4 is 4.90 Å². The Balaban J connectivity index is 3.02. The van der Waals surface area contributed by atoms with E-state index >= 15 is 0 Å². The number of nitrogens with zero attached hydrogens (tertiary/aromatic N) is 3. The molecular formula is C11H18BrN3O. The van der Waals surface area contributed by atoms with Crippen LogP contribution in [-0.2, 0) is 4.74 Å². The SMILES string of the molecule is CCN(c1nc(C)cc(C)n1)C(CBr)OC. The molecule has 1 heterocycles. The van der Waals surface area contributed by atoms with Crippen LogP contribution in [0.5, 0.6) is 0 Å². The molecule has 1 unspecified atom stereocenters. The molecule has 0 aliphatic carbocycles. The second-order valence-corrected chi connectivity index (χ2v) is 4.23. The van der Waals surface area contributed by atoms with Crippen LogP contribution in [0.4, 0.5) is 5.95 Å². The highest BCUT2D eigenvalue weighted by Crippen LogP contribution is 2.14. The van der Waals surface area contributed by atoms with Gasteiger partial charge in [-0.15, -0.1) is 0 Å². The van der Waals surface area contributed by atoms with Gasteiger partial charge in [0, 0.05) is 30.4 Å². The lowest BCUT2D eigenvalue weighted by molar-refractivity contribution is 0.118. The third kappa shape index (κ3) is 3.15. The second-order valence-electron chi connectivity index (χ2n) is 3.58. The van der Waals surface area contributed by atoms with E-state index in [-0.39, 0.29) is 6.23 Å². The minimum Gasteiger partial charge on any atom is -0.361 e. The third-order valence-electron chi connectivity index (χ3n) is 2.32. The molecule has 16 heavy (non-hydrogen) atoms. The summed E-state index contributed by atoms with van der Waals surface area (Å²) in [4.78, 5) is 10.9. The Morgan fingerprint density at radius 1 is 1.38 bits per heavy atom. The summed E-state index contributed by atoms with van der Waals surface area (Å²) in [5, 5.41) is 0.730. The molecule has 1 atom stereocenters. The van der Waals surface area contributed by atoms with Crippen molar-refractivity contribution in [3.8, 4) is 0 Å². The van der Waals surface area contributed by atoms with Gasteiger partial charge in [-0.3, -0.25) is 0 Å². The molecule has 0 fully saturated rings. The highest BCUT2D eigenvalue weighted by atomic mass is 79.9. The van der Waals surface area contributed by atoms with Crippen molar-refractivity contribution in [1.29, 1.82) is 0 Å². The van der Waals surface area contributed by atoms with Gasteiger partial charge in [-0.25, -0.2) is 9.97 Å². The zero-order chi connectivity index (χ0) is 12.1. The van der Waals surface area contributed by atoms with E-state index in [0.29, 0.717) is 0 Å². The highest BCUT2D eigenvalue weighted by molar-refractivity contribution is 9.09. The van der Waals surface area contributed by atoms with Crippen LogP contribution >= 0.6 is 15.9 Å². The Morgan fingerprint density at radius 3 is 2.31 bits per heavy atom. The van der Waals surface area contributed by atoms with Crippen molar-refractivity contribution in [3.05, 3.63) is 17.5 Å². The molecule has 0 aliphatic heterocycles. The fraction of sp³-hybridized carbons (Fsp3) is 0.636. The summed E-state index contributed by atoms with van der Waals surface area (Å²) >= 11 is 3.43. The fourth-order valence-electron chi connectivity index (χ4n) is 1.58. The van der Waals surface area contributed by atoms with Gasteiger partial charge < -0.3 is 9.64 Å². The number of anilines is 1. The summed E-state index contributed by atoms with van der Waals surface area (Å²) in [7, 11) is 1.69. The van der Waals surface area contributed by atoms with E-state index < -0.39 is 0 Å². The quantitative estimate of drug-likeness (QED) is 0.615. The first-order valence-electron chi connectivity index (χ1n) is 5.30. The first-order valence-corrected chi connectivity index (χ1v) is 6.42. The number of alkyl halides is 1. The van der Waals surface area contributed by atoms with Crippen molar-refractivity contribution in [2.24, 2.45) is 0 Å². The van der Waals surface area contributed by atoms with E-state index in [2.05, 4.69) is 32.8 Å². The Hall–Kier alpha value is -0.680. The van der Waals surface area contributed by atoms with Crippen molar-refractivity contribution in [1.82, 2.24) is 9.97 Å². The lowest BCUT2D eigenvalue weighted by Gasteiger charge is -2.28. The Morgan fingerprint density at radius 2 is 1.94 bits per heavy atom. The van der Waals surface area contributed by atoms with E-state index in [0.717, 1.165) is 29.2 Å². The number of rotatable bonds is 5. The lowest BCUT2D eigenvalue weighted by Crippen LogP contribution is -2.39. The Bertz CT molecular complexity index is 322. The number of hydrogen-bond donors (Lipinski definition) is 0. The average molecular weight is 288 g/mol. The first-order chi connectivity index (χ1) is 7.62. The molecule has 0 aromatic carbocycles. The van der Waals surface area contributed by atoms with Crippen LogP contribution in [0.3, 0.4) is 0 Å². The predicted molar refractivity (Wildman–Crippen MR) is 69.1 cm³/mol. The number of halogens is 1. The van der Waals surface area contributed by atoms with Gasteiger partial charge in [0.1, 0.15) is 6.23 Å². The van der Waals surface area contributed by atoms with Crippen LogP contribution in [0.15, 0.2) is 6.07 Å². The number of methoxy groups -OCH3 is 1. The number of ether oxygens (including phenoxy) is 1. The van der Waals surface area contributed by atoms with Gasteiger partial charge in [-0.05, 0) is 26.8 Å². The van der Waals surface area contributed by atoms with Crippen LogP contribution in [-0.4, -0.2) is 35.2 Å². The van der Waals surface area contributed by atoms with Crippen molar-refractivity contribution in [2.75, 3.05) is 23.9 Å². The number of aromatic nitrogens is 2. The van der Waals surface area contributed by atoms with Gasteiger partial charge in [0.15, 0.2) is 0 Å². The monoisotopic (exact) mass is 287 g/mol. The number of hydrogen-bond acceptors (Lipinski definition) is 4. The second kappa shape index (κ2) is 6.15. The van der Waals surface area contributed by atoms with E-state index in [9.17, 15) is 0 Å². The van der Waals surface area contributed by atoms with Gasteiger partial charge in [-0.2, -0.15) is 0 Å². The maximum atomic E-state index is 5.39. The molecular weight excluding hydrogens is 270 g/mol. The summed E-state index contributed by atoms with van der Waals surface area (Å²) < 4.78 is 5.39. The number of aryl methyl sites for hydroxylation is 2. The van der Waals surface area contributed by atoms with Crippen molar-refractivity contribution in [3.63, 3.8) is 0 Å². The minimum atomic E-state index is -0.0359. The largest absolute Gasteiger partial charge is 0.361 e. The molecule has 0 aliphatic rings. The molecule has 4 nitrogen and oxygen atoms in total. The predicted octanol–water partition coefficient (Wildman–Crippen LogP) is 2.29. The molecule has 5 heteroatoms. The molecule has 0 spiro atoms. The van der Waals surface area contributed by atoms with Gasteiger partial charge in [0.05, 0.1) is 0 Å². The van der Waals surface area contributed by atoms with Crippen molar-refractivity contribution in [2.45, 2.75) is 27.0 Å². The molecule has 90 valence electrons. The van der Waals surface area contributed by atoms with Gasteiger partial charge in [0.25, 0.3) is 0 Å². The zero-order valence-electron chi connectivity index (χ0n) is 10.2. The summed E-state index contributed by atoms with van der Waals surface area (Å²) in [6.07, 6.45) is -0.0359. The summed E-state index contributed by atoms with van der Waals surface area (Å²) in [5.74, 6) is 0.728. The Labute approximate surface area is 105 Å². The van der Waals surface area contributed by atoms with Gasteiger partial charge >= 0.3 is 0 Å². The molecule has 0 bridgehead atoms. The molecule has 0 amide bonds. The highest BCUT2D eigenvalue weighted by Gasteiger charge is 2.18. The molecule has 1 aromatic heterocycles. The van der Waals surface area contributed by atoms with Crippen LogP contribution in [0, 0.1) is 13.8 Å². The van der Waals surface area contributed by atoms with E-state index in [4.69, 9.17) is 4.74 Å². The molecule has 0 saturated carbocycles. The summed E-state index contributed by atoms with van der Waals surface area (Å²) in [6.45, 7) is 6.83. The third-order valence-corrected chi connectivity index (χ3v) is 2.87. The lowest BCUT2D eigenvalue weighted by atomic mass is 10.3. The van der Waals surface area contributed by atoms with Gasteiger partial charge in [0.2, 0.25) is 5.95 Å². The molecule has 0 N–H and O–H groups in total. The molecule has 0 radical (unpaired) electrons. The molecule has 1 rings (SSSR count). The smallest absolute Gasteiger partial charge is 0.227 e. The fourth-order valence-corrected chi connectivity index (χ4v) is 2.20. The minimum absolute atomic E-state index is 0.0359. The van der Waals surface area contributed by atoms with E-state index in [1.54, 1.807) is 7.11 Å². The maximum Gasteiger partial charge on any atom is 0.227 e. The van der Waals surface area contributed by atoms with E-state index in [1.807, 2.05) is 24.8 Å². The van der Waals surface area contributed by atoms with E-state index in [1.165, 1.54) is 0 Å². The zero-order valence-corrected chi connectivity index (χ0v) is 11.8. The van der Waals surface area contributed by atoms with Crippen LogP contribution in [0.1, 0.15) is 18.3 Å². The molecule has 1 aromatic rings. The normalized spacial score (nSPS) is 12.6. The first kappa shape index (κ1) is 13.4.